The fraction of sp³-hybridized carbons (Fsp3) is 0.455. The minimum absolute atomic E-state index is 0.0451. The van der Waals surface area contributed by atoms with Gasteiger partial charge in [0.05, 0.1) is 0 Å². The molecular formula is C11H15IO3S. The molecule has 0 aromatic heterocycles. The minimum atomic E-state index is -3.22. The van der Waals surface area contributed by atoms with Crippen molar-refractivity contribution < 1.29 is 13.5 Å². The summed E-state index contributed by atoms with van der Waals surface area (Å²) >= 11 is 1.79. The Morgan fingerprint density at radius 3 is 2.56 bits per heavy atom. The Hall–Kier alpha value is -0.140. The predicted octanol–water partition coefficient (Wildman–Crippen LogP) is 2.22. The third kappa shape index (κ3) is 3.18. The van der Waals surface area contributed by atoms with E-state index in [0.717, 1.165) is 5.56 Å². The van der Waals surface area contributed by atoms with Gasteiger partial charge < -0.3 is 5.11 Å². The summed E-state index contributed by atoms with van der Waals surface area (Å²) in [6.07, 6.45) is -0.967. The largest absolute Gasteiger partial charge is 0.386 e. The van der Waals surface area contributed by atoms with Crippen molar-refractivity contribution in [2.24, 2.45) is 0 Å². The van der Waals surface area contributed by atoms with Crippen molar-refractivity contribution in [2.75, 3.05) is 5.75 Å². The van der Waals surface area contributed by atoms with Crippen LogP contribution in [-0.2, 0) is 9.84 Å². The normalized spacial score (nSPS) is 15.8. The SMILES string of the molecule is CCS(=O)(=O)[C@H](I)[C@H](O)c1cccc(C)c1. The van der Waals surface area contributed by atoms with Gasteiger partial charge in [-0.3, -0.25) is 0 Å². The van der Waals surface area contributed by atoms with Gasteiger partial charge in [-0.25, -0.2) is 8.42 Å². The molecule has 0 fully saturated rings. The van der Waals surface area contributed by atoms with Crippen molar-refractivity contribution in [3.63, 3.8) is 0 Å². The van der Waals surface area contributed by atoms with E-state index in [2.05, 4.69) is 0 Å². The van der Waals surface area contributed by atoms with E-state index in [-0.39, 0.29) is 5.75 Å². The number of hydrogen-bond donors (Lipinski definition) is 1. The van der Waals surface area contributed by atoms with E-state index in [0.29, 0.717) is 5.56 Å². The van der Waals surface area contributed by atoms with Gasteiger partial charge in [0.15, 0.2) is 9.84 Å². The number of alkyl halides is 1. The average Bonchev–Trinajstić information content (AvgIpc) is 2.27. The molecule has 1 aromatic rings. The van der Waals surface area contributed by atoms with Crippen molar-refractivity contribution in [1.82, 2.24) is 0 Å². The van der Waals surface area contributed by atoms with Crippen LogP contribution in [0.4, 0.5) is 0 Å². The molecule has 0 bridgehead atoms. The van der Waals surface area contributed by atoms with Gasteiger partial charge in [-0.15, -0.1) is 0 Å². The Balaban J connectivity index is 2.99. The maximum atomic E-state index is 11.6. The zero-order chi connectivity index (χ0) is 12.3. The Kier molecular flexibility index (Phi) is 4.75. The first-order chi connectivity index (χ1) is 7.38. The van der Waals surface area contributed by atoms with Gasteiger partial charge >= 0.3 is 0 Å². The summed E-state index contributed by atoms with van der Waals surface area (Å²) in [5, 5.41) is 9.99. The van der Waals surface area contributed by atoms with Crippen LogP contribution in [0, 0.1) is 6.92 Å². The second-order valence-electron chi connectivity index (χ2n) is 3.66. The number of sulfone groups is 1. The number of aliphatic hydroxyl groups excluding tert-OH is 1. The molecular weight excluding hydrogens is 339 g/mol. The van der Waals surface area contributed by atoms with Crippen LogP contribution in [0.3, 0.4) is 0 Å². The molecule has 0 unspecified atom stereocenters. The van der Waals surface area contributed by atoms with Crippen LogP contribution < -0.4 is 0 Å². The third-order valence-corrected chi connectivity index (χ3v) is 7.13. The zero-order valence-electron chi connectivity index (χ0n) is 9.22. The molecule has 1 N–H and O–H groups in total. The van der Waals surface area contributed by atoms with Crippen LogP contribution in [0.1, 0.15) is 24.2 Å². The second-order valence-corrected chi connectivity index (χ2v) is 8.26. The molecule has 0 saturated carbocycles. The number of benzene rings is 1. The van der Waals surface area contributed by atoms with E-state index < -0.39 is 19.2 Å². The van der Waals surface area contributed by atoms with Crippen molar-refractivity contribution in [3.05, 3.63) is 35.4 Å². The molecule has 0 spiro atoms. The van der Waals surface area contributed by atoms with Crippen molar-refractivity contribution in [1.29, 1.82) is 0 Å². The highest BCUT2D eigenvalue weighted by atomic mass is 127. The lowest BCUT2D eigenvalue weighted by atomic mass is 10.1. The van der Waals surface area contributed by atoms with E-state index in [1.165, 1.54) is 0 Å². The van der Waals surface area contributed by atoms with E-state index in [4.69, 9.17) is 0 Å². The van der Waals surface area contributed by atoms with Crippen LogP contribution in [0.15, 0.2) is 24.3 Å². The zero-order valence-corrected chi connectivity index (χ0v) is 12.2. The number of hydrogen-bond acceptors (Lipinski definition) is 3. The first-order valence-corrected chi connectivity index (χ1v) is 7.95. The van der Waals surface area contributed by atoms with Crippen molar-refractivity contribution in [2.45, 2.75) is 23.2 Å². The lowest BCUT2D eigenvalue weighted by Crippen LogP contribution is -2.24. The summed E-state index contributed by atoms with van der Waals surface area (Å²) in [4.78, 5) is 0. The quantitative estimate of drug-likeness (QED) is 0.667. The van der Waals surface area contributed by atoms with E-state index >= 15 is 0 Å². The number of halogens is 1. The van der Waals surface area contributed by atoms with Crippen molar-refractivity contribution in [3.8, 4) is 0 Å². The summed E-state index contributed by atoms with van der Waals surface area (Å²) in [6, 6.07) is 7.28. The highest BCUT2D eigenvalue weighted by Gasteiger charge is 2.29. The monoisotopic (exact) mass is 354 g/mol. The summed E-state index contributed by atoms with van der Waals surface area (Å²) in [6.45, 7) is 3.50. The third-order valence-electron chi connectivity index (χ3n) is 2.38. The molecule has 1 aromatic carbocycles. The lowest BCUT2D eigenvalue weighted by Gasteiger charge is -2.17. The van der Waals surface area contributed by atoms with E-state index in [1.54, 1.807) is 35.6 Å². The highest BCUT2D eigenvalue weighted by Crippen LogP contribution is 2.28. The fourth-order valence-electron chi connectivity index (χ4n) is 1.36. The Bertz CT molecular complexity index is 456. The molecule has 3 nitrogen and oxygen atoms in total. The van der Waals surface area contributed by atoms with Crippen LogP contribution in [0.2, 0.25) is 0 Å². The number of aryl methyl sites for hydroxylation is 1. The Morgan fingerprint density at radius 1 is 1.44 bits per heavy atom. The second kappa shape index (κ2) is 5.46. The van der Waals surface area contributed by atoms with Gasteiger partial charge in [0.2, 0.25) is 0 Å². The average molecular weight is 354 g/mol. The number of aliphatic hydroxyl groups is 1. The number of rotatable bonds is 4. The molecule has 0 aliphatic heterocycles. The maximum Gasteiger partial charge on any atom is 0.164 e. The van der Waals surface area contributed by atoms with Crippen LogP contribution in [0.25, 0.3) is 0 Å². The molecule has 1 rings (SSSR count). The molecule has 0 aliphatic rings. The van der Waals surface area contributed by atoms with Gasteiger partial charge in [-0.05, 0) is 12.5 Å². The Morgan fingerprint density at radius 2 is 2.06 bits per heavy atom. The topological polar surface area (TPSA) is 54.4 Å². The van der Waals surface area contributed by atoms with Crippen LogP contribution >= 0.6 is 22.6 Å². The lowest BCUT2D eigenvalue weighted by molar-refractivity contribution is 0.197. The summed E-state index contributed by atoms with van der Waals surface area (Å²) in [5.41, 5.74) is 1.66. The van der Waals surface area contributed by atoms with Gasteiger partial charge in [0.25, 0.3) is 0 Å². The molecule has 0 radical (unpaired) electrons. The van der Waals surface area contributed by atoms with E-state index in [9.17, 15) is 13.5 Å². The van der Waals surface area contributed by atoms with Gasteiger partial charge in [0, 0.05) is 5.75 Å². The molecule has 0 heterocycles. The molecule has 2 atom stereocenters. The summed E-state index contributed by atoms with van der Waals surface area (Å²) < 4.78 is 22.5. The van der Waals surface area contributed by atoms with E-state index in [1.807, 2.05) is 25.1 Å². The Labute approximate surface area is 110 Å². The molecule has 90 valence electrons. The molecule has 0 saturated heterocycles. The first-order valence-electron chi connectivity index (χ1n) is 4.98. The molecule has 5 heteroatoms. The molecule has 0 amide bonds. The summed E-state index contributed by atoms with van der Waals surface area (Å²) in [5.74, 6) is 0.0451. The van der Waals surface area contributed by atoms with Gasteiger partial charge in [-0.2, -0.15) is 0 Å². The smallest absolute Gasteiger partial charge is 0.164 e. The van der Waals surface area contributed by atoms with Crippen molar-refractivity contribution >= 4 is 32.4 Å². The van der Waals surface area contributed by atoms with Crippen LogP contribution in [0.5, 0.6) is 0 Å². The first kappa shape index (κ1) is 13.9. The van der Waals surface area contributed by atoms with Crippen LogP contribution in [-0.4, -0.2) is 22.5 Å². The van der Waals surface area contributed by atoms with Gasteiger partial charge in [-0.1, -0.05) is 59.3 Å². The molecule has 16 heavy (non-hydrogen) atoms. The predicted molar refractivity (Wildman–Crippen MR) is 73.4 cm³/mol. The van der Waals surface area contributed by atoms with Gasteiger partial charge in [0.1, 0.15) is 9.36 Å². The minimum Gasteiger partial charge on any atom is -0.386 e. The fourth-order valence-corrected chi connectivity index (χ4v) is 3.72. The standard InChI is InChI=1S/C11H15IO3S/c1-3-16(14,15)11(12)10(13)9-6-4-5-8(2)7-9/h4-7,10-11,13H,3H2,1-2H3/t10-,11+/m1/s1. The highest BCUT2D eigenvalue weighted by molar-refractivity contribution is 14.1. The molecule has 0 aliphatic carbocycles. The summed E-state index contributed by atoms with van der Waals surface area (Å²) in [7, 11) is -3.22. The maximum absolute atomic E-state index is 11.6.